The first-order valence-corrected chi connectivity index (χ1v) is 8.96. The van der Waals surface area contributed by atoms with Crippen molar-refractivity contribution in [3.8, 4) is 6.07 Å². The molecule has 0 aliphatic carbocycles. The van der Waals surface area contributed by atoms with Gasteiger partial charge >= 0.3 is 6.09 Å². The fraction of sp³-hybridized carbons (Fsp3) is 0.421. The first-order valence-electron chi connectivity index (χ1n) is 8.59. The van der Waals surface area contributed by atoms with Crippen molar-refractivity contribution in [2.45, 2.75) is 26.4 Å². The van der Waals surface area contributed by atoms with Gasteiger partial charge in [-0.05, 0) is 39.0 Å². The van der Waals surface area contributed by atoms with E-state index in [-0.39, 0.29) is 11.7 Å². The van der Waals surface area contributed by atoms with Crippen molar-refractivity contribution in [1.82, 2.24) is 9.80 Å². The van der Waals surface area contributed by atoms with Gasteiger partial charge in [0.2, 0.25) is 0 Å². The van der Waals surface area contributed by atoms with E-state index < -0.39 is 11.5 Å². The number of carbonyl (C=O) groups is 2. The van der Waals surface area contributed by atoms with Crippen LogP contribution in [0.2, 0.25) is 5.02 Å². The van der Waals surface area contributed by atoms with Gasteiger partial charge in [-0.25, -0.2) is 4.79 Å². The molecule has 1 aliphatic rings. The van der Waals surface area contributed by atoms with Crippen LogP contribution < -0.4 is 5.32 Å². The summed E-state index contributed by atoms with van der Waals surface area (Å²) in [5, 5.41) is 12.5. The summed E-state index contributed by atoms with van der Waals surface area (Å²) in [5.41, 5.74) is -0.0374. The average Bonchev–Trinajstić information content (AvgIpc) is 2.58. The number of hydrogen-bond acceptors (Lipinski definition) is 5. The summed E-state index contributed by atoms with van der Waals surface area (Å²) in [6.45, 7) is 7.40. The third-order valence-electron chi connectivity index (χ3n) is 3.73. The zero-order valence-electron chi connectivity index (χ0n) is 15.7. The molecule has 27 heavy (non-hydrogen) atoms. The van der Waals surface area contributed by atoms with E-state index in [0.717, 1.165) is 0 Å². The van der Waals surface area contributed by atoms with Gasteiger partial charge in [-0.2, -0.15) is 5.26 Å². The van der Waals surface area contributed by atoms with Crippen molar-refractivity contribution < 1.29 is 14.3 Å². The average molecular weight is 391 g/mol. The Hall–Kier alpha value is -2.72. The molecule has 0 saturated carbocycles. The lowest BCUT2D eigenvalue weighted by atomic mass is 10.2. The van der Waals surface area contributed by atoms with Crippen LogP contribution in [0.4, 0.5) is 10.5 Å². The van der Waals surface area contributed by atoms with Crippen molar-refractivity contribution >= 4 is 29.3 Å². The second kappa shape index (κ2) is 8.78. The molecule has 0 atom stereocenters. The van der Waals surface area contributed by atoms with Crippen LogP contribution in [0.25, 0.3) is 0 Å². The van der Waals surface area contributed by atoms with E-state index in [1.165, 1.54) is 6.20 Å². The number of nitrogens with one attached hydrogen (secondary N) is 1. The van der Waals surface area contributed by atoms with Gasteiger partial charge in [-0.15, -0.1) is 0 Å². The van der Waals surface area contributed by atoms with Gasteiger partial charge in [0.05, 0.1) is 0 Å². The van der Waals surface area contributed by atoms with Gasteiger partial charge < -0.3 is 19.9 Å². The zero-order chi connectivity index (χ0) is 20.0. The summed E-state index contributed by atoms with van der Waals surface area (Å²) in [4.78, 5) is 27.8. The number of anilines is 1. The molecule has 2 rings (SSSR count). The molecule has 0 aromatic heterocycles. The Morgan fingerprint density at radius 3 is 2.48 bits per heavy atom. The van der Waals surface area contributed by atoms with E-state index in [2.05, 4.69) is 5.32 Å². The highest BCUT2D eigenvalue weighted by Gasteiger charge is 2.25. The van der Waals surface area contributed by atoms with Crippen LogP contribution >= 0.6 is 11.6 Å². The topological polar surface area (TPSA) is 85.7 Å². The fourth-order valence-electron chi connectivity index (χ4n) is 2.45. The standard InChI is InChI=1S/C19H23ClN4O3/c1-19(2,3)27-18(26)24-9-7-23(8-10-24)13-14(12-21)17(25)22-16-6-4-5-15(20)11-16/h4-6,11,13H,7-10H2,1-3H3,(H,22,25)/b14-13-. The highest BCUT2D eigenvalue weighted by molar-refractivity contribution is 6.31. The molecule has 1 N–H and O–H groups in total. The van der Waals surface area contributed by atoms with Crippen LogP contribution in [0, 0.1) is 11.3 Å². The summed E-state index contributed by atoms with van der Waals surface area (Å²) < 4.78 is 5.35. The third-order valence-corrected chi connectivity index (χ3v) is 3.96. The lowest BCUT2D eigenvalue weighted by Gasteiger charge is -2.35. The van der Waals surface area contributed by atoms with Crippen molar-refractivity contribution in [3.05, 3.63) is 41.1 Å². The summed E-state index contributed by atoms with van der Waals surface area (Å²) in [6, 6.07) is 8.63. The summed E-state index contributed by atoms with van der Waals surface area (Å²) >= 11 is 5.90. The lowest BCUT2D eigenvalue weighted by Crippen LogP contribution is -2.48. The molecule has 8 heteroatoms. The number of nitriles is 1. The zero-order valence-corrected chi connectivity index (χ0v) is 16.4. The van der Waals surface area contributed by atoms with Crippen LogP contribution in [0.15, 0.2) is 36.0 Å². The second-order valence-electron chi connectivity index (χ2n) is 7.12. The van der Waals surface area contributed by atoms with E-state index in [0.29, 0.717) is 36.9 Å². The number of rotatable bonds is 3. The van der Waals surface area contributed by atoms with Gasteiger partial charge in [0.25, 0.3) is 5.91 Å². The number of benzene rings is 1. The molecule has 1 saturated heterocycles. The van der Waals surface area contributed by atoms with Crippen molar-refractivity contribution in [3.63, 3.8) is 0 Å². The van der Waals surface area contributed by atoms with Crippen molar-refractivity contribution in [1.29, 1.82) is 5.26 Å². The highest BCUT2D eigenvalue weighted by Crippen LogP contribution is 2.16. The van der Waals surface area contributed by atoms with Gasteiger partial charge in [-0.3, -0.25) is 4.79 Å². The number of halogens is 1. The normalized spacial score (nSPS) is 15.1. The Labute approximate surface area is 164 Å². The number of amides is 2. The number of hydrogen-bond donors (Lipinski definition) is 1. The van der Waals surface area contributed by atoms with E-state index in [4.69, 9.17) is 16.3 Å². The van der Waals surface area contributed by atoms with Gasteiger partial charge in [0.1, 0.15) is 17.2 Å². The smallest absolute Gasteiger partial charge is 0.410 e. The Morgan fingerprint density at radius 2 is 1.93 bits per heavy atom. The maximum Gasteiger partial charge on any atom is 0.410 e. The van der Waals surface area contributed by atoms with Crippen LogP contribution in [-0.2, 0) is 9.53 Å². The maximum atomic E-state index is 12.3. The molecule has 1 fully saturated rings. The van der Waals surface area contributed by atoms with Crippen molar-refractivity contribution in [2.24, 2.45) is 0 Å². The van der Waals surface area contributed by atoms with Crippen LogP contribution in [0.5, 0.6) is 0 Å². The maximum absolute atomic E-state index is 12.3. The van der Waals surface area contributed by atoms with Crippen LogP contribution in [0.1, 0.15) is 20.8 Å². The largest absolute Gasteiger partial charge is 0.444 e. The van der Waals surface area contributed by atoms with Gasteiger partial charge in [0.15, 0.2) is 0 Å². The number of ether oxygens (including phenoxy) is 1. The third kappa shape index (κ3) is 6.50. The molecule has 1 aromatic carbocycles. The summed E-state index contributed by atoms with van der Waals surface area (Å²) in [5.74, 6) is -0.505. The molecular formula is C19H23ClN4O3. The van der Waals surface area contributed by atoms with E-state index in [1.807, 2.05) is 31.7 Å². The quantitative estimate of drug-likeness (QED) is 0.632. The first kappa shape index (κ1) is 20.6. The second-order valence-corrected chi connectivity index (χ2v) is 7.56. The Kier molecular flexibility index (Phi) is 6.70. The minimum absolute atomic E-state index is 0.0132. The molecule has 0 radical (unpaired) electrons. The molecule has 144 valence electrons. The predicted molar refractivity (Wildman–Crippen MR) is 103 cm³/mol. The summed E-state index contributed by atoms with van der Waals surface area (Å²) in [7, 11) is 0. The highest BCUT2D eigenvalue weighted by atomic mass is 35.5. The number of nitrogens with zero attached hydrogens (tertiary/aromatic N) is 3. The molecule has 0 unspecified atom stereocenters. The van der Waals surface area contributed by atoms with E-state index >= 15 is 0 Å². The van der Waals surface area contributed by atoms with E-state index in [1.54, 1.807) is 29.2 Å². The fourth-order valence-corrected chi connectivity index (χ4v) is 2.64. The lowest BCUT2D eigenvalue weighted by molar-refractivity contribution is -0.112. The van der Waals surface area contributed by atoms with Crippen LogP contribution in [-0.4, -0.2) is 53.6 Å². The Bertz CT molecular complexity index is 772. The van der Waals surface area contributed by atoms with E-state index in [9.17, 15) is 14.9 Å². The molecule has 0 bridgehead atoms. The molecule has 1 heterocycles. The predicted octanol–water partition coefficient (Wildman–Crippen LogP) is 3.24. The Balaban J connectivity index is 1.94. The molecule has 0 spiro atoms. The minimum Gasteiger partial charge on any atom is -0.444 e. The molecular weight excluding hydrogens is 368 g/mol. The molecule has 7 nitrogen and oxygen atoms in total. The van der Waals surface area contributed by atoms with Gasteiger partial charge in [-0.1, -0.05) is 17.7 Å². The Morgan fingerprint density at radius 1 is 1.26 bits per heavy atom. The molecule has 1 aromatic rings. The SMILES string of the molecule is CC(C)(C)OC(=O)N1CCN(/C=C(/C#N)C(=O)Nc2cccc(Cl)c2)CC1. The number of piperazine rings is 1. The minimum atomic E-state index is -0.541. The van der Waals surface area contributed by atoms with Crippen molar-refractivity contribution in [2.75, 3.05) is 31.5 Å². The van der Waals surface area contributed by atoms with Crippen LogP contribution in [0.3, 0.4) is 0 Å². The monoisotopic (exact) mass is 390 g/mol. The number of carbonyl (C=O) groups excluding carboxylic acids is 2. The molecule has 2 amide bonds. The van der Waals surface area contributed by atoms with Gasteiger partial charge in [0, 0.05) is 43.1 Å². The molecule has 1 aliphatic heterocycles. The summed E-state index contributed by atoms with van der Waals surface area (Å²) in [6.07, 6.45) is 1.16. The first-order chi connectivity index (χ1) is 12.7.